The number of pyridine rings is 1. The number of nitrogens with one attached hydrogen (secondary N) is 1. The normalized spacial score (nSPS) is 14.8. The minimum absolute atomic E-state index is 0.0476. The van der Waals surface area contributed by atoms with Crippen LogP contribution in [0.4, 0.5) is 0 Å². The fourth-order valence-electron chi connectivity index (χ4n) is 4.30. The van der Waals surface area contributed by atoms with Gasteiger partial charge >= 0.3 is 0 Å². The molecule has 3 aromatic carbocycles. The van der Waals surface area contributed by atoms with E-state index in [1.807, 2.05) is 0 Å². The van der Waals surface area contributed by atoms with Gasteiger partial charge in [-0.05, 0) is 70.4 Å². The molecule has 0 unspecified atom stereocenters. The van der Waals surface area contributed by atoms with Gasteiger partial charge in [-0.3, -0.25) is 10.2 Å². The summed E-state index contributed by atoms with van der Waals surface area (Å²) in [5.74, 6) is -0.163. The van der Waals surface area contributed by atoms with Crippen LogP contribution in [-0.4, -0.2) is 59.6 Å². The average molecular weight is 523 g/mol. The number of rotatable bonds is 4. The highest BCUT2D eigenvalue weighted by molar-refractivity contribution is 7.89. The van der Waals surface area contributed by atoms with Crippen LogP contribution in [0.3, 0.4) is 0 Å². The largest absolute Gasteiger partial charge is 0.427 e. The van der Waals surface area contributed by atoms with Crippen LogP contribution in [0.1, 0.15) is 10.4 Å². The van der Waals surface area contributed by atoms with Crippen molar-refractivity contribution in [3.63, 3.8) is 0 Å². The third kappa shape index (κ3) is 4.60. The molecule has 0 radical (unpaired) electrons. The third-order valence-corrected chi connectivity index (χ3v) is 8.47. The summed E-state index contributed by atoms with van der Waals surface area (Å²) in [6, 6.07) is 20.5. The Balaban J connectivity index is 1.26. The Morgan fingerprint density at radius 3 is 2.19 bits per heavy atom. The number of fused-ring (bicyclic) bond motifs is 1. The Morgan fingerprint density at radius 2 is 1.50 bits per heavy atom. The van der Waals surface area contributed by atoms with Crippen molar-refractivity contribution in [1.82, 2.24) is 13.9 Å². The van der Waals surface area contributed by atoms with Crippen molar-refractivity contribution >= 4 is 38.3 Å². The van der Waals surface area contributed by atoms with E-state index in [1.165, 1.54) is 16.6 Å². The molecule has 0 spiro atoms. The van der Waals surface area contributed by atoms with Gasteiger partial charge in [-0.1, -0.05) is 35.9 Å². The fourth-order valence-corrected chi connectivity index (χ4v) is 5.93. The lowest BCUT2D eigenvalue weighted by molar-refractivity contribution is 0.0698. The molecule has 184 valence electrons. The second-order valence-corrected chi connectivity index (χ2v) is 10.9. The first-order chi connectivity index (χ1) is 17.2. The minimum atomic E-state index is -3.69. The molecule has 5 rings (SSSR count). The topological polar surface area (TPSA) is 107 Å². The molecule has 0 aliphatic carbocycles. The molecule has 0 atom stereocenters. The molecule has 10 heteroatoms. The van der Waals surface area contributed by atoms with Gasteiger partial charge in [-0.25, -0.2) is 8.42 Å². The molecule has 0 bridgehead atoms. The number of hydrogen-bond acceptors (Lipinski definition) is 5. The molecule has 1 amide bonds. The molecule has 4 aromatic rings. The van der Waals surface area contributed by atoms with Crippen molar-refractivity contribution in [2.24, 2.45) is 0 Å². The van der Waals surface area contributed by atoms with Gasteiger partial charge < -0.3 is 10.1 Å². The van der Waals surface area contributed by atoms with E-state index in [1.54, 1.807) is 71.6 Å². The van der Waals surface area contributed by atoms with Gasteiger partial charge in [0, 0.05) is 43.0 Å². The quantitative estimate of drug-likeness (QED) is 0.397. The second kappa shape index (κ2) is 9.42. The Bertz CT molecular complexity index is 1630. The highest BCUT2D eigenvalue weighted by atomic mass is 35.5. The summed E-state index contributed by atoms with van der Waals surface area (Å²) in [5, 5.41) is 19.4. The number of carbonyl (C=O) groups is 1. The summed E-state index contributed by atoms with van der Waals surface area (Å²) in [6.07, 6.45) is 1.39. The number of aromatic nitrogens is 1. The van der Waals surface area contributed by atoms with Crippen LogP contribution in [0.25, 0.3) is 21.9 Å². The van der Waals surface area contributed by atoms with Crippen LogP contribution in [0.5, 0.6) is 0 Å². The van der Waals surface area contributed by atoms with Crippen molar-refractivity contribution in [2.45, 2.75) is 4.90 Å². The lowest BCUT2D eigenvalue weighted by atomic mass is 10.0. The molecule has 1 saturated heterocycles. The van der Waals surface area contributed by atoms with Gasteiger partial charge in [-0.15, -0.1) is 0 Å². The zero-order valence-corrected chi connectivity index (χ0v) is 20.7. The molecule has 1 fully saturated rings. The Kier molecular flexibility index (Phi) is 6.29. The smallest absolute Gasteiger partial charge is 0.253 e. The number of halogens is 1. The first kappa shape index (κ1) is 24.1. The van der Waals surface area contributed by atoms with Gasteiger partial charge in [0.15, 0.2) is 5.49 Å². The number of hydrogen-bond donors (Lipinski definition) is 2. The van der Waals surface area contributed by atoms with E-state index in [-0.39, 0.29) is 29.4 Å². The van der Waals surface area contributed by atoms with Crippen molar-refractivity contribution < 1.29 is 18.4 Å². The minimum Gasteiger partial charge on any atom is -0.427 e. The van der Waals surface area contributed by atoms with Crippen molar-refractivity contribution in [3.8, 4) is 11.1 Å². The maximum atomic E-state index is 13.2. The van der Waals surface area contributed by atoms with Gasteiger partial charge in [-0.2, -0.15) is 9.04 Å². The van der Waals surface area contributed by atoms with Crippen LogP contribution < -0.4 is 5.49 Å². The Labute approximate surface area is 213 Å². The van der Waals surface area contributed by atoms with Crippen molar-refractivity contribution in [3.05, 3.63) is 95.1 Å². The first-order valence-electron chi connectivity index (χ1n) is 11.3. The van der Waals surface area contributed by atoms with Gasteiger partial charge in [0.25, 0.3) is 5.91 Å². The van der Waals surface area contributed by atoms with E-state index < -0.39 is 10.0 Å². The van der Waals surface area contributed by atoms with E-state index in [0.29, 0.717) is 23.7 Å². The number of sulfonamides is 1. The molecular weight excluding hydrogens is 500 g/mol. The van der Waals surface area contributed by atoms with Gasteiger partial charge in [0.1, 0.15) is 0 Å². The maximum absolute atomic E-state index is 13.2. The van der Waals surface area contributed by atoms with Crippen LogP contribution in [0.15, 0.2) is 83.9 Å². The molecule has 2 N–H and O–H groups in total. The first-order valence-corrected chi connectivity index (χ1v) is 13.1. The standard InChI is InChI=1S/C26H23ClN4O4S/c27-23-7-5-21-16-24(8-6-20(21)15-23)36(34,35)30-13-11-29(12-14-30)26(32)19-3-1-18(2-4-19)22-9-10-31(33)25(28)17-22/h1-10,15-17,28,33H,11-14H2. The molecule has 1 aliphatic heterocycles. The van der Waals surface area contributed by atoms with Crippen molar-refractivity contribution in [1.29, 1.82) is 5.41 Å². The number of carbonyl (C=O) groups excluding carboxylic acids is 1. The summed E-state index contributed by atoms with van der Waals surface area (Å²) in [7, 11) is -3.69. The Hall–Kier alpha value is -3.66. The second-order valence-electron chi connectivity index (χ2n) is 8.57. The zero-order valence-electron chi connectivity index (χ0n) is 19.1. The van der Waals surface area contributed by atoms with Gasteiger partial charge in [0.05, 0.1) is 4.90 Å². The SMILES string of the molecule is N=c1cc(-c2ccc(C(=O)N3CCN(S(=O)(=O)c4ccc5cc(Cl)ccc5c4)CC3)cc2)ccn1O. The predicted octanol–water partition coefficient (Wildman–Crippen LogP) is 3.83. The summed E-state index contributed by atoms with van der Waals surface area (Å²) in [4.78, 5) is 14.9. The Morgan fingerprint density at radius 1 is 0.833 bits per heavy atom. The van der Waals surface area contributed by atoms with E-state index in [9.17, 15) is 18.4 Å². The maximum Gasteiger partial charge on any atom is 0.253 e. The lowest BCUT2D eigenvalue weighted by Crippen LogP contribution is -2.50. The zero-order chi connectivity index (χ0) is 25.4. The summed E-state index contributed by atoms with van der Waals surface area (Å²) in [6.45, 7) is 1.01. The van der Waals surface area contributed by atoms with E-state index in [0.717, 1.165) is 26.6 Å². The molecule has 2 heterocycles. The fraction of sp³-hybridized carbons (Fsp3) is 0.154. The van der Waals surface area contributed by atoms with Crippen LogP contribution in [-0.2, 0) is 10.0 Å². The number of nitrogens with zero attached hydrogens (tertiary/aromatic N) is 3. The molecule has 0 saturated carbocycles. The average Bonchev–Trinajstić information content (AvgIpc) is 2.89. The summed E-state index contributed by atoms with van der Waals surface area (Å²) < 4.78 is 28.6. The summed E-state index contributed by atoms with van der Waals surface area (Å²) in [5.41, 5.74) is 2.02. The molecule has 8 nitrogen and oxygen atoms in total. The molecule has 36 heavy (non-hydrogen) atoms. The molecule has 1 aliphatic rings. The van der Waals surface area contributed by atoms with E-state index in [2.05, 4.69) is 0 Å². The van der Waals surface area contributed by atoms with Gasteiger partial charge in [0.2, 0.25) is 10.0 Å². The number of amides is 1. The predicted molar refractivity (Wildman–Crippen MR) is 137 cm³/mol. The number of piperazine rings is 1. The van der Waals surface area contributed by atoms with Crippen LogP contribution in [0.2, 0.25) is 5.02 Å². The van der Waals surface area contributed by atoms with Crippen molar-refractivity contribution in [2.75, 3.05) is 26.2 Å². The molecule has 1 aromatic heterocycles. The lowest BCUT2D eigenvalue weighted by Gasteiger charge is -2.34. The van der Waals surface area contributed by atoms with E-state index >= 15 is 0 Å². The van der Waals surface area contributed by atoms with E-state index in [4.69, 9.17) is 17.0 Å². The highest BCUT2D eigenvalue weighted by Crippen LogP contribution is 2.25. The van der Waals surface area contributed by atoms with Crippen LogP contribution >= 0.6 is 11.6 Å². The highest BCUT2D eigenvalue weighted by Gasteiger charge is 2.30. The monoisotopic (exact) mass is 522 g/mol. The molecular formula is C26H23ClN4O4S. The summed E-state index contributed by atoms with van der Waals surface area (Å²) >= 11 is 6.03. The van der Waals surface area contributed by atoms with Crippen LogP contribution in [0, 0.1) is 5.41 Å². The third-order valence-electron chi connectivity index (χ3n) is 6.34. The number of benzene rings is 3.